The molecule has 1 aromatic carbocycles. The van der Waals surface area contributed by atoms with Gasteiger partial charge in [0.25, 0.3) is 0 Å². The van der Waals surface area contributed by atoms with Gasteiger partial charge in [0.15, 0.2) is 0 Å². The summed E-state index contributed by atoms with van der Waals surface area (Å²) in [5.74, 6) is 0. The average Bonchev–Trinajstić information content (AvgIpc) is 2.39. The van der Waals surface area contributed by atoms with Gasteiger partial charge >= 0.3 is 0 Å². The second kappa shape index (κ2) is 7.73. The van der Waals surface area contributed by atoms with Gasteiger partial charge in [-0.05, 0) is 0 Å². The lowest BCUT2D eigenvalue weighted by molar-refractivity contribution is 0.877. The van der Waals surface area contributed by atoms with Crippen molar-refractivity contribution in [1.82, 2.24) is 0 Å². The van der Waals surface area contributed by atoms with Crippen LogP contribution >= 0.6 is 0 Å². The number of benzene rings is 1. The first-order valence-corrected chi connectivity index (χ1v) is 6.33. The number of rotatable bonds is 7. The lowest BCUT2D eigenvalue weighted by atomic mass is 9.37. The minimum Gasteiger partial charge on any atom is -0.0996 e. The number of hydrogen-bond acceptors (Lipinski definition) is 0. The molecule has 1 aromatic rings. The molecule has 0 N–H and O–H groups in total. The quantitative estimate of drug-likeness (QED) is 0.484. The zero-order valence-corrected chi connectivity index (χ0v) is 10.7. The number of unbranched alkanes of at least 4 members (excludes halogenated alkanes) is 1. The van der Waals surface area contributed by atoms with E-state index >= 15 is 0 Å². The SMILES string of the molecule is C=C/C=C(\C=C)B(CCCC)c1ccccc1. The second-order valence-corrected chi connectivity index (χ2v) is 4.21. The van der Waals surface area contributed by atoms with Crippen molar-refractivity contribution >= 4 is 12.2 Å². The molecule has 17 heavy (non-hydrogen) atoms. The van der Waals surface area contributed by atoms with Gasteiger partial charge in [-0.25, -0.2) is 0 Å². The van der Waals surface area contributed by atoms with Crippen LogP contribution in [0.25, 0.3) is 0 Å². The monoisotopic (exact) mass is 224 g/mol. The molecule has 0 saturated carbocycles. The standard InChI is InChI=1S/C16H21B/c1-4-7-14-17(15(6-3)11-5-2)16-12-9-8-10-13-16/h5-6,8-13H,2-4,7,14H2,1H3/b15-11+. The fraction of sp³-hybridized carbons (Fsp3) is 0.250. The summed E-state index contributed by atoms with van der Waals surface area (Å²) in [4.78, 5) is 0. The fourth-order valence-corrected chi connectivity index (χ4v) is 2.08. The molecule has 0 aliphatic heterocycles. The first-order valence-electron chi connectivity index (χ1n) is 6.33. The smallest absolute Gasteiger partial charge is 0.0996 e. The fourth-order valence-electron chi connectivity index (χ4n) is 2.08. The van der Waals surface area contributed by atoms with Crippen LogP contribution in [0.3, 0.4) is 0 Å². The van der Waals surface area contributed by atoms with Crippen molar-refractivity contribution in [3.63, 3.8) is 0 Å². The number of allylic oxidation sites excluding steroid dienone is 4. The van der Waals surface area contributed by atoms with Crippen molar-refractivity contribution in [2.24, 2.45) is 0 Å². The molecule has 0 aliphatic rings. The first-order chi connectivity index (χ1) is 8.33. The molecule has 0 aliphatic carbocycles. The Hall–Kier alpha value is -1.50. The molecule has 1 heteroatoms. The van der Waals surface area contributed by atoms with E-state index in [0.29, 0.717) is 6.71 Å². The van der Waals surface area contributed by atoms with E-state index in [4.69, 9.17) is 0 Å². The van der Waals surface area contributed by atoms with Gasteiger partial charge in [0, 0.05) is 0 Å². The Morgan fingerprint density at radius 3 is 2.47 bits per heavy atom. The molecule has 0 bridgehead atoms. The molecule has 0 unspecified atom stereocenters. The predicted octanol–water partition coefficient (Wildman–Crippen LogP) is 4.03. The van der Waals surface area contributed by atoms with E-state index in [9.17, 15) is 0 Å². The van der Waals surface area contributed by atoms with Crippen LogP contribution < -0.4 is 5.46 Å². The highest BCUT2D eigenvalue weighted by Crippen LogP contribution is 2.12. The highest BCUT2D eigenvalue weighted by molar-refractivity contribution is 6.80. The van der Waals surface area contributed by atoms with Gasteiger partial charge in [0.05, 0.1) is 0 Å². The third-order valence-electron chi connectivity index (χ3n) is 3.00. The average molecular weight is 224 g/mol. The Morgan fingerprint density at radius 2 is 1.94 bits per heavy atom. The summed E-state index contributed by atoms with van der Waals surface area (Å²) in [5.41, 5.74) is 2.63. The summed E-state index contributed by atoms with van der Waals surface area (Å²) in [6, 6.07) is 10.7. The van der Waals surface area contributed by atoms with Crippen LogP contribution in [-0.4, -0.2) is 6.71 Å². The molecule has 0 radical (unpaired) electrons. The maximum absolute atomic E-state index is 3.92. The normalized spacial score (nSPS) is 11.0. The van der Waals surface area contributed by atoms with E-state index in [2.05, 4.69) is 56.5 Å². The largest absolute Gasteiger partial charge is 0.209 e. The van der Waals surface area contributed by atoms with E-state index in [1.807, 2.05) is 12.2 Å². The topological polar surface area (TPSA) is 0 Å². The summed E-state index contributed by atoms with van der Waals surface area (Å²) in [6.45, 7) is 10.4. The summed E-state index contributed by atoms with van der Waals surface area (Å²) in [7, 11) is 0. The predicted molar refractivity (Wildman–Crippen MR) is 80.0 cm³/mol. The first kappa shape index (κ1) is 13.6. The highest BCUT2D eigenvalue weighted by Gasteiger charge is 2.17. The summed E-state index contributed by atoms with van der Waals surface area (Å²) in [5, 5.41) is 0. The van der Waals surface area contributed by atoms with E-state index < -0.39 is 0 Å². The van der Waals surface area contributed by atoms with Gasteiger partial charge < -0.3 is 0 Å². The van der Waals surface area contributed by atoms with Crippen LogP contribution in [0, 0.1) is 0 Å². The molecule has 0 spiro atoms. The van der Waals surface area contributed by atoms with Gasteiger partial charge in [-0.3, -0.25) is 0 Å². The minimum atomic E-state index is 0.451. The summed E-state index contributed by atoms with van der Waals surface area (Å²) in [6.07, 6.45) is 9.50. The van der Waals surface area contributed by atoms with Crippen molar-refractivity contribution in [2.75, 3.05) is 0 Å². The van der Waals surface area contributed by atoms with E-state index in [1.54, 1.807) is 0 Å². The van der Waals surface area contributed by atoms with Crippen LogP contribution in [-0.2, 0) is 0 Å². The van der Waals surface area contributed by atoms with Gasteiger partial charge in [0.1, 0.15) is 0 Å². The molecule has 1 rings (SSSR count). The Balaban J connectivity index is 2.98. The molecule has 0 atom stereocenters. The zero-order valence-electron chi connectivity index (χ0n) is 10.7. The minimum absolute atomic E-state index is 0.451. The number of hydrogen-bond donors (Lipinski definition) is 0. The Bertz CT molecular complexity index is 376. The van der Waals surface area contributed by atoms with Crippen LogP contribution in [0.5, 0.6) is 0 Å². The molecular formula is C16H21B. The molecule has 88 valence electrons. The van der Waals surface area contributed by atoms with Crippen molar-refractivity contribution in [1.29, 1.82) is 0 Å². The maximum Gasteiger partial charge on any atom is 0.209 e. The van der Waals surface area contributed by atoms with E-state index in [-0.39, 0.29) is 0 Å². The Labute approximate surface area is 106 Å². The molecule has 0 heterocycles. The van der Waals surface area contributed by atoms with Crippen LogP contribution in [0.1, 0.15) is 19.8 Å². The van der Waals surface area contributed by atoms with Crippen molar-refractivity contribution in [3.8, 4) is 0 Å². The van der Waals surface area contributed by atoms with Gasteiger partial charge in [-0.2, -0.15) is 0 Å². The Morgan fingerprint density at radius 1 is 1.24 bits per heavy atom. The van der Waals surface area contributed by atoms with Crippen LogP contribution in [0.4, 0.5) is 0 Å². The summed E-state index contributed by atoms with van der Waals surface area (Å²) < 4.78 is 0. The van der Waals surface area contributed by atoms with Crippen LogP contribution in [0.15, 0.2) is 67.2 Å². The summed E-state index contributed by atoms with van der Waals surface area (Å²) >= 11 is 0. The zero-order chi connectivity index (χ0) is 12.5. The molecule has 0 nitrogen and oxygen atoms in total. The van der Waals surface area contributed by atoms with Gasteiger partial charge in [-0.1, -0.05) is 98.7 Å². The Kier molecular flexibility index (Phi) is 6.17. The lowest BCUT2D eigenvalue weighted by Crippen LogP contribution is -2.31. The van der Waals surface area contributed by atoms with Gasteiger partial charge in [0.2, 0.25) is 6.71 Å². The second-order valence-electron chi connectivity index (χ2n) is 4.21. The van der Waals surface area contributed by atoms with Crippen molar-refractivity contribution in [2.45, 2.75) is 26.1 Å². The molecular weight excluding hydrogens is 203 g/mol. The van der Waals surface area contributed by atoms with Crippen LogP contribution in [0.2, 0.25) is 6.32 Å². The molecule has 0 fully saturated rings. The molecule has 0 saturated heterocycles. The maximum atomic E-state index is 3.92. The van der Waals surface area contributed by atoms with E-state index in [0.717, 1.165) is 0 Å². The third kappa shape index (κ3) is 4.11. The van der Waals surface area contributed by atoms with Crippen molar-refractivity contribution < 1.29 is 0 Å². The molecule has 0 aromatic heterocycles. The highest BCUT2D eigenvalue weighted by atomic mass is 13.9. The van der Waals surface area contributed by atoms with Crippen molar-refractivity contribution in [3.05, 3.63) is 67.2 Å². The van der Waals surface area contributed by atoms with E-state index in [1.165, 1.54) is 30.1 Å². The van der Waals surface area contributed by atoms with Gasteiger partial charge in [-0.15, -0.1) is 0 Å². The molecule has 0 amide bonds. The lowest BCUT2D eigenvalue weighted by Gasteiger charge is -2.14. The third-order valence-corrected chi connectivity index (χ3v) is 3.00.